The Morgan fingerprint density at radius 1 is 1.17 bits per heavy atom. The minimum absolute atomic E-state index is 0.121. The second-order valence-electron chi connectivity index (χ2n) is 4.88. The number of alkyl halides is 3. The number of primary amides is 1. The summed E-state index contributed by atoms with van der Waals surface area (Å²) in [6, 6.07) is 5.74. The maximum absolute atomic E-state index is 12.4. The first-order chi connectivity index (χ1) is 10.7. The predicted molar refractivity (Wildman–Crippen MR) is 81.3 cm³/mol. The number of nitrogens with two attached hydrogens (primary N) is 1. The van der Waals surface area contributed by atoms with E-state index in [0.717, 1.165) is 18.1 Å². The van der Waals surface area contributed by atoms with Crippen molar-refractivity contribution in [3.05, 3.63) is 46.2 Å². The highest BCUT2D eigenvalue weighted by Crippen LogP contribution is 2.26. The number of thiophene rings is 1. The summed E-state index contributed by atoms with van der Waals surface area (Å²) < 4.78 is 37.3. The van der Waals surface area contributed by atoms with Crippen molar-refractivity contribution >= 4 is 23.2 Å². The number of amides is 2. The quantitative estimate of drug-likeness (QED) is 0.896. The average molecular weight is 342 g/mol. The van der Waals surface area contributed by atoms with Crippen molar-refractivity contribution in [1.82, 2.24) is 5.32 Å². The van der Waals surface area contributed by atoms with Gasteiger partial charge in [-0.15, -0.1) is 11.3 Å². The molecule has 1 aromatic carbocycles. The zero-order chi connectivity index (χ0) is 17.2. The van der Waals surface area contributed by atoms with E-state index in [1.807, 2.05) is 5.32 Å². The van der Waals surface area contributed by atoms with Gasteiger partial charge in [0.15, 0.2) is 0 Å². The average Bonchev–Trinajstić information content (AvgIpc) is 2.96. The van der Waals surface area contributed by atoms with E-state index in [4.69, 9.17) is 5.73 Å². The molecule has 0 aliphatic heterocycles. The molecule has 0 unspecified atom stereocenters. The lowest BCUT2D eigenvalue weighted by Crippen LogP contribution is -2.43. The molecule has 2 aromatic rings. The van der Waals surface area contributed by atoms with Gasteiger partial charge in [-0.25, -0.2) is 0 Å². The van der Waals surface area contributed by atoms with E-state index in [0.29, 0.717) is 4.88 Å². The van der Waals surface area contributed by atoms with Gasteiger partial charge in [0.1, 0.15) is 6.04 Å². The molecule has 0 aliphatic carbocycles. The maximum Gasteiger partial charge on any atom is 0.408 e. The fourth-order valence-corrected chi connectivity index (χ4v) is 2.56. The Bertz CT molecular complexity index is 723. The molecule has 1 heterocycles. The third-order valence-electron chi connectivity index (χ3n) is 3.16. The Labute approximate surface area is 134 Å². The first kappa shape index (κ1) is 17.0. The highest BCUT2D eigenvalue weighted by atomic mass is 32.1. The van der Waals surface area contributed by atoms with Crippen LogP contribution in [0.5, 0.6) is 0 Å². The van der Waals surface area contributed by atoms with E-state index >= 15 is 0 Å². The second-order valence-corrected chi connectivity index (χ2v) is 5.79. The van der Waals surface area contributed by atoms with E-state index in [-0.39, 0.29) is 5.56 Å². The van der Waals surface area contributed by atoms with Gasteiger partial charge in [-0.1, -0.05) is 12.1 Å². The fourth-order valence-electron chi connectivity index (χ4n) is 1.79. The van der Waals surface area contributed by atoms with Crippen LogP contribution in [0.4, 0.5) is 13.2 Å². The van der Waals surface area contributed by atoms with Crippen LogP contribution in [0.2, 0.25) is 0 Å². The highest BCUT2D eigenvalue weighted by molar-refractivity contribution is 7.12. The van der Waals surface area contributed by atoms with Crippen molar-refractivity contribution in [1.29, 1.82) is 0 Å². The van der Waals surface area contributed by atoms with Gasteiger partial charge in [0.05, 0.1) is 4.88 Å². The topological polar surface area (TPSA) is 72.2 Å². The lowest BCUT2D eigenvalue weighted by atomic mass is 10.1. The Kier molecular flexibility index (Phi) is 4.74. The molecule has 122 valence electrons. The van der Waals surface area contributed by atoms with Crippen LogP contribution in [-0.2, 0) is 0 Å². The van der Waals surface area contributed by atoms with Crippen LogP contribution in [0.3, 0.4) is 0 Å². The van der Waals surface area contributed by atoms with E-state index in [1.165, 1.54) is 23.5 Å². The summed E-state index contributed by atoms with van der Waals surface area (Å²) >= 11 is 1.20. The molecule has 2 rings (SSSR count). The molecule has 1 aromatic heterocycles. The summed E-state index contributed by atoms with van der Waals surface area (Å²) in [7, 11) is 0. The first-order valence-corrected chi connectivity index (χ1v) is 7.43. The Hall–Kier alpha value is -2.35. The van der Waals surface area contributed by atoms with Gasteiger partial charge in [-0.3, -0.25) is 9.59 Å². The molecule has 0 radical (unpaired) electrons. The smallest absolute Gasteiger partial charge is 0.365 e. The molecule has 23 heavy (non-hydrogen) atoms. The van der Waals surface area contributed by atoms with Crippen LogP contribution in [0.25, 0.3) is 11.1 Å². The van der Waals surface area contributed by atoms with Crippen molar-refractivity contribution < 1.29 is 22.8 Å². The number of halogens is 3. The SMILES string of the molecule is C[C@H](NC(=O)c1ccc(-c2csc(C(N)=O)c2)cc1)C(F)(F)F. The lowest BCUT2D eigenvalue weighted by Gasteiger charge is -2.17. The summed E-state index contributed by atoms with van der Waals surface area (Å²) in [5.74, 6) is -1.33. The third-order valence-corrected chi connectivity index (χ3v) is 4.11. The molecule has 3 N–H and O–H groups in total. The van der Waals surface area contributed by atoms with Crippen LogP contribution < -0.4 is 11.1 Å². The Morgan fingerprint density at radius 3 is 2.26 bits per heavy atom. The summed E-state index contributed by atoms with van der Waals surface area (Å²) in [6.07, 6.45) is -4.49. The van der Waals surface area contributed by atoms with E-state index in [1.54, 1.807) is 23.6 Å². The van der Waals surface area contributed by atoms with Gasteiger partial charge >= 0.3 is 6.18 Å². The Morgan fingerprint density at radius 2 is 1.78 bits per heavy atom. The maximum atomic E-state index is 12.4. The number of nitrogens with one attached hydrogen (secondary N) is 1. The van der Waals surface area contributed by atoms with Crippen LogP contribution in [-0.4, -0.2) is 24.0 Å². The molecule has 0 saturated heterocycles. The lowest BCUT2D eigenvalue weighted by molar-refractivity contribution is -0.149. The second kappa shape index (κ2) is 6.41. The molecule has 4 nitrogen and oxygen atoms in total. The molecule has 1 atom stereocenters. The van der Waals surface area contributed by atoms with Gasteiger partial charge in [-0.2, -0.15) is 13.2 Å². The first-order valence-electron chi connectivity index (χ1n) is 6.55. The van der Waals surface area contributed by atoms with Crippen LogP contribution in [0.15, 0.2) is 35.7 Å². The molecular formula is C15H13F3N2O2S. The molecule has 0 spiro atoms. The summed E-state index contributed by atoms with van der Waals surface area (Å²) in [5, 5.41) is 3.63. The van der Waals surface area contributed by atoms with Crippen LogP contribution in [0.1, 0.15) is 27.0 Å². The summed E-state index contributed by atoms with van der Waals surface area (Å²) in [4.78, 5) is 23.2. The number of carbonyl (C=O) groups is 2. The van der Waals surface area contributed by atoms with Gasteiger partial charge in [0, 0.05) is 5.56 Å². The monoisotopic (exact) mass is 342 g/mol. The van der Waals surface area contributed by atoms with Crippen LogP contribution in [0, 0.1) is 0 Å². The normalized spacial score (nSPS) is 12.7. The Balaban J connectivity index is 2.12. The van der Waals surface area contributed by atoms with Crippen molar-refractivity contribution in [3.8, 4) is 11.1 Å². The summed E-state index contributed by atoms with van der Waals surface area (Å²) in [5.41, 5.74) is 6.78. The number of rotatable bonds is 4. The van der Waals surface area contributed by atoms with Crippen LogP contribution >= 0.6 is 11.3 Å². The number of benzene rings is 1. The van der Waals surface area contributed by atoms with E-state index in [9.17, 15) is 22.8 Å². The van der Waals surface area contributed by atoms with E-state index in [2.05, 4.69) is 0 Å². The van der Waals surface area contributed by atoms with Crippen molar-refractivity contribution in [2.75, 3.05) is 0 Å². The largest absolute Gasteiger partial charge is 0.408 e. The molecule has 2 amide bonds. The van der Waals surface area contributed by atoms with Crippen molar-refractivity contribution in [3.63, 3.8) is 0 Å². The van der Waals surface area contributed by atoms with Gasteiger partial charge in [0.2, 0.25) is 0 Å². The minimum Gasteiger partial charge on any atom is -0.365 e. The zero-order valence-electron chi connectivity index (χ0n) is 12.0. The highest BCUT2D eigenvalue weighted by Gasteiger charge is 2.37. The molecule has 0 saturated carbocycles. The van der Waals surface area contributed by atoms with Crippen molar-refractivity contribution in [2.24, 2.45) is 5.73 Å². The molecule has 8 heteroatoms. The van der Waals surface area contributed by atoms with E-state index < -0.39 is 24.0 Å². The molecule has 0 aliphatic rings. The fraction of sp³-hybridized carbons (Fsp3) is 0.200. The number of hydrogen-bond acceptors (Lipinski definition) is 3. The third kappa shape index (κ3) is 4.10. The molecule has 0 bridgehead atoms. The number of carbonyl (C=O) groups excluding carboxylic acids is 2. The number of hydrogen-bond donors (Lipinski definition) is 2. The minimum atomic E-state index is -4.49. The molecular weight excluding hydrogens is 329 g/mol. The van der Waals surface area contributed by atoms with Gasteiger partial charge < -0.3 is 11.1 Å². The molecule has 0 fully saturated rings. The predicted octanol–water partition coefficient (Wildman–Crippen LogP) is 3.19. The summed E-state index contributed by atoms with van der Waals surface area (Å²) in [6.45, 7) is 0.878. The zero-order valence-corrected chi connectivity index (χ0v) is 12.8. The standard InChI is InChI=1S/C15H13F3N2O2S/c1-8(15(16,17)18)20-14(22)10-4-2-9(3-5-10)11-6-12(13(19)21)23-7-11/h2-8H,1H3,(H2,19,21)(H,20,22)/t8-/m0/s1. The van der Waals surface area contributed by atoms with Gasteiger partial charge in [0.25, 0.3) is 11.8 Å². The van der Waals surface area contributed by atoms with Crippen molar-refractivity contribution in [2.45, 2.75) is 19.1 Å². The van der Waals surface area contributed by atoms with Gasteiger partial charge in [-0.05, 0) is 41.6 Å².